The second-order valence-electron chi connectivity index (χ2n) is 1.56. The summed E-state index contributed by atoms with van der Waals surface area (Å²) in [5, 5.41) is 0. The topological polar surface area (TPSA) is 0 Å². The normalized spacial score (nSPS) is 11.9. The molecule has 8 heavy (non-hydrogen) atoms. The van der Waals surface area contributed by atoms with Gasteiger partial charge in [0.15, 0.2) is 0 Å². The molecule has 0 heterocycles. The van der Waals surface area contributed by atoms with E-state index in [1.807, 2.05) is 26.0 Å². The predicted octanol–water partition coefficient (Wildman–Crippen LogP) is 2.14. The van der Waals surface area contributed by atoms with Gasteiger partial charge in [0.1, 0.15) is 0 Å². The standard InChI is InChI=1S/C8H10/c1-4-6-8(3)7-5-2/h1,5-7H,2-3H3. The number of terminal acetylenes is 1. The molecule has 0 bridgehead atoms. The first-order chi connectivity index (χ1) is 3.81. The van der Waals surface area contributed by atoms with E-state index in [4.69, 9.17) is 6.42 Å². The van der Waals surface area contributed by atoms with Gasteiger partial charge in [-0.15, -0.1) is 6.42 Å². The zero-order chi connectivity index (χ0) is 6.41. The lowest BCUT2D eigenvalue weighted by molar-refractivity contribution is 1.51. The third-order valence-corrected chi connectivity index (χ3v) is 0.741. The van der Waals surface area contributed by atoms with Gasteiger partial charge in [0.05, 0.1) is 0 Å². The average Bonchev–Trinajstić information content (AvgIpc) is 1.68. The van der Waals surface area contributed by atoms with Crippen molar-refractivity contribution >= 4 is 0 Å². The minimum absolute atomic E-state index is 1.12. The van der Waals surface area contributed by atoms with Crippen LogP contribution in [-0.4, -0.2) is 0 Å². The Bertz CT molecular complexity index is 142. The van der Waals surface area contributed by atoms with Crippen molar-refractivity contribution in [1.82, 2.24) is 0 Å². The van der Waals surface area contributed by atoms with E-state index < -0.39 is 0 Å². The highest BCUT2D eigenvalue weighted by Crippen LogP contribution is 1.91. The fourth-order valence-electron chi connectivity index (χ4n) is 0.442. The number of rotatable bonds is 1. The fourth-order valence-corrected chi connectivity index (χ4v) is 0.442. The Balaban J connectivity index is 3.85. The monoisotopic (exact) mass is 106 g/mol. The number of allylic oxidation sites excluding steroid dienone is 4. The van der Waals surface area contributed by atoms with E-state index in [9.17, 15) is 0 Å². The summed E-state index contributed by atoms with van der Waals surface area (Å²) in [6.45, 7) is 3.94. The van der Waals surface area contributed by atoms with Gasteiger partial charge in [0.25, 0.3) is 0 Å². The lowest BCUT2D eigenvalue weighted by Gasteiger charge is -1.81. The molecule has 0 aliphatic rings. The molecule has 0 aromatic rings. The summed E-state index contributed by atoms with van der Waals surface area (Å²) in [5.41, 5.74) is 1.12. The van der Waals surface area contributed by atoms with Crippen LogP contribution >= 0.6 is 0 Å². The minimum Gasteiger partial charge on any atom is -0.115 e. The van der Waals surface area contributed by atoms with Crippen LogP contribution in [0.15, 0.2) is 23.8 Å². The molecular formula is C8H10. The Hall–Kier alpha value is -0.960. The second-order valence-corrected chi connectivity index (χ2v) is 1.56. The molecule has 0 saturated heterocycles. The number of hydrogen-bond acceptors (Lipinski definition) is 0. The van der Waals surface area contributed by atoms with Crippen molar-refractivity contribution in [2.75, 3.05) is 0 Å². The van der Waals surface area contributed by atoms with Crippen LogP contribution in [0.1, 0.15) is 13.8 Å². The summed E-state index contributed by atoms with van der Waals surface area (Å²) in [6.07, 6.45) is 10.7. The van der Waals surface area contributed by atoms with E-state index in [-0.39, 0.29) is 0 Å². The third kappa shape index (κ3) is 3.24. The van der Waals surface area contributed by atoms with Crippen molar-refractivity contribution < 1.29 is 0 Å². The van der Waals surface area contributed by atoms with E-state index in [2.05, 4.69) is 5.92 Å². The molecule has 0 atom stereocenters. The van der Waals surface area contributed by atoms with Crippen LogP contribution in [0.25, 0.3) is 0 Å². The van der Waals surface area contributed by atoms with Gasteiger partial charge in [-0.25, -0.2) is 0 Å². The molecule has 0 N–H and O–H groups in total. The molecular weight excluding hydrogens is 96.1 g/mol. The molecule has 0 spiro atoms. The average molecular weight is 106 g/mol. The maximum atomic E-state index is 5.00. The Morgan fingerprint density at radius 2 is 2.25 bits per heavy atom. The highest BCUT2D eigenvalue weighted by Gasteiger charge is 1.72. The van der Waals surface area contributed by atoms with Gasteiger partial charge in [-0.1, -0.05) is 18.1 Å². The first-order valence-corrected chi connectivity index (χ1v) is 2.57. The quantitative estimate of drug-likeness (QED) is 0.355. The molecule has 0 aromatic carbocycles. The lowest BCUT2D eigenvalue weighted by atomic mass is 10.3. The van der Waals surface area contributed by atoms with Gasteiger partial charge in [-0.05, 0) is 25.5 Å². The minimum atomic E-state index is 1.12. The molecule has 0 radical (unpaired) electrons. The molecule has 0 nitrogen and oxygen atoms in total. The summed E-state index contributed by atoms with van der Waals surface area (Å²) in [4.78, 5) is 0. The Morgan fingerprint density at radius 3 is 2.62 bits per heavy atom. The van der Waals surface area contributed by atoms with Gasteiger partial charge in [-0.2, -0.15) is 0 Å². The predicted molar refractivity (Wildman–Crippen MR) is 37.4 cm³/mol. The Morgan fingerprint density at radius 1 is 1.62 bits per heavy atom. The van der Waals surface area contributed by atoms with Crippen LogP contribution in [0.3, 0.4) is 0 Å². The molecule has 0 heteroatoms. The molecule has 0 amide bonds. The van der Waals surface area contributed by atoms with E-state index in [0.29, 0.717) is 0 Å². The van der Waals surface area contributed by atoms with Crippen molar-refractivity contribution in [3.8, 4) is 12.3 Å². The maximum Gasteiger partial charge on any atom is -0.00924 e. The largest absolute Gasteiger partial charge is 0.115 e. The molecule has 0 fully saturated rings. The van der Waals surface area contributed by atoms with Crippen LogP contribution < -0.4 is 0 Å². The summed E-state index contributed by atoms with van der Waals surface area (Å²) in [6, 6.07) is 0. The molecule has 0 saturated carbocycles. The van der Waals surface area contributed by atoms with Crippen molar-refractivity contribution in [3.63, 3.8) is 0 Å². The molecule has 0 aliphatic heterocycles. The molecule has 0 unspecified atom stereocenters. The van der Waals surface area contributed by atoms with Crippen molar-refractivity contribution in [2.45, 2.75) is 13.8 Å². The van der Waals surface area contributed by atoms with E-state index in [1.165, 1.54) is 0 Å². The van der Waals surface area contributed by atoms with Gasteiger partial charge in [0.2, 0.25) is 0 Å². The SMILES string of the molecule is C#CC=C(C)C=CC. The summed E-state index contributed by atoms with van der Waals surface area (Å²) in [7, 11) is 0. The smallest absolute Gasteiger partial charge is 0.00924 e. The summed E-state index contributed by atoms with van der Waals surface area (Å²) < 4.78 is 0. The Labute approximate surface area is 50.9 Å². The highest BCUT2D eigenvalue weighted by molar-refractivity contribution is 5.24. The second kappa shape index (κ2) is 4.21. The van der Waals surface area contributed by atoms with Crippen LogP contribution in [-0.2, 0) is 0 Å². The Kier molecular flexibility index (Phi) is 3.70. The third-order valence-electron chi connectivity index (χ3n) is 0.741. The van der Waals surface area contributed by atoms with Gasteiger partial charge in [0, 0.05) is 0 Å². The summed E-state index contributed by atoms with van der Waals surface area (Å²) in [5.74, 6) is 2.44. The van der Waals surface area contributed by atoms with Crippen LogP contribution in [0.5, 0.6) is 0 Å². The van der Waals surface area contributed by atoms with Crippen molar-refractivity contribution in [1.29, 1.82) is 0 Å². The van der Waals surface area contributed by atoms with E-state index in [1.54, 1.807) is 6.08 Å². The first-order valence-electron chi connectivity index (χ1n) is 2.57. The van der Waals surface area contributed by atoms with Crippen LogP contribution in [0.4, 0.5) is 0 Å². The zero-order valence-corrected chi connectivity index (χ0v) is 5.31. The van der Waals surface area contributed by atoms with Crippen molar-refractivity contribution in [2.24, 2.45) is 0 Å². The lowest BCUT2D eigenvalue weighted by Crippen LogP contribution is -1.62. The van der Waals surface area contributed by atoms with Crippen LogP contribution in [0.2, 0.25) is 0 Å². The van der Waals surface area contributed by atoms with Gasteiger partial charge in [-0.3, -0.25) is 0 Å². The number of hydrogen-bond donors (Lipinski definition) is 0. The van der Waals surface area contributed by atoms with Gasteiger partial charge < -0.3 is 0 Å². The van der Waals surface area contributed by atoms with E-state index >= 15 is 0 Å². The molecule has 42 valence electrons. The fraction of sp³-hybridized carbons (Fsp3) is 0.250. The first kappa shape index (κ1) is 7.04. The maximum absolute atomic E-state index is 5.00. The van der Waals surface area contributed by atoms with Crippen LogP contribution in [0, 0.1) is 12.3 Å². The van der Waals surface area contributed by atoms with Crippen molar-refractivity contribution in [3.05, 3.63) is 23.8 Å². The van der Waals surface area contributed by atoms with Gasteiger partial charge >= 0.3 is 0 Å². The molecule has 0 rings (SSSR count). The molecule has 0 aliphatic carbocycles. The summed E-state index contributed by atoms with van der Waals surface area (Å²) >= 11 is 0. The highest BCUT2D eigenvalue weighted by atomic mass is 13.8. The molecule has 0 aromatic heterocycles. The van der Waals surface area contributed by atoms with E-state index in [0.717, 1.165) is 5.57 Å². The zero-order valence-electron chi connectivity index (χ0n) is 5.31.